The Bertz CT molecular complexity index is 1160. The van der Waals surface area contributed by atoms with Crippen molar-refractivity contribution < 1.29 is 4.79 Å². The summed E-state index contributed by atoms with van der Waals surface area (Å²) in [5, 5.41) is 13.7. The second kappa shape index (κ2) is 7.86. The molecule has 3 heterocycles. The van der Waals surface area contributed by atoms with Crippen LogP contribution in [0.25, 0.3) is 10.9 Å². The van der Waals surface area contributed by atoms with E-state index in [4.69, 9.17) is 0 Å². The van der Waals surface area contributed by atoms with E-state index in [9.17, 15) is 14.9 Å². The van der Waals surface area contributed by atoms with Gasteiger partial charge in [-0.2, -0.15) is 5.26 Å². The van der Waals surface area contributed by atoms with Crippen molar-refractivity contribution in [1.82, 2.24) is 15.3 Å². The molecule has 7 heteroatoms. The molecule has 2 N–H and O–H groups in total. The molecule has 0 unspecified atom stereocenters. The number of carbonyl (C=O) groups is 1. The standard InChI is InChI=1S/C22H21N5O2/c1-14-2-3-17-19(12-14)26-21(28)18(13-23)20(17)27(16-6-10-25-11-7-16)22(29)15-4-8-24-9-5-15/h2-3,6-7,10-12,15,24H,4-5,8-9H2,1H3,(H,26,28). The van der Waals surface area contributed by atoms with Gasteiger partial charge < -0.3 is 10.3 Å². The summed E-state index contributed by atoms with van der Waals surface area (Å²) in [6, 6.07) is 11.1. The largest absolute Gasteiger partial charge is 0.321 e. The number of rotatable bonds is 3. The first-order chi connectivity index (χ1) is 14.1. The van der Waals surface area contributed by atoms with Gasteiger partial charge in [0.05, 0.1) is 16.9 Å². The van der Waals surface area contributed by atoms with Crippen LogP contribution in [0, 0.1) is 24.2 Å². The number of H-pyrrole nitrogens is 1. The van der Waals surface area contributed by atoms with E-state index < -0.39 is 5.56 Å². The van der Waals surface area contributed by atoms with E-state index in [1.165, 1.54) is 4.90 Å². The molecule has 1 saturated heterocycles. The van der Waals surface area contributed by atoms with Gasteiger partial charge in [-0.3, -0.25) is 19.5 Å². The number of carbonyl (C=O) groups excluding carboxylic acids is 1. The molecular formula is C22H21N5O2. The third kappa shape index (κ3) is 3.50. The van der Waals surface area contributed by atoms with Gasteiger partial charge in [-0.1, -0.05) is 12.1 Å². The molecule has 29 heavy (non-hydrogen) atoms. The van der Waals surface area contributed by atoms with Crippen LogP contribution in [0.3, 0.4) is 0 Å². The summed E-state index contributed by atoms with van der Waals surface area (Å²) in [4.78, 5) is 34.7. The average Bonchev–Trinajstić information content (AvgIpc) is 2.75. The lowest BCUT2D eigenvalue weighted by atomic mass is 9.95. The highest BCUT2D eigenvalue weighted by atomic mass is 16.2. The van der Waals surface area contributed by atoms with Crippen LogP contribution in [0.4, 0.5) is 11.4 Å². The molecule has 0 saturated carbocycles. The van der Waals surface area contributed by atoms with Crippen LogP contribution < -0.4 is 15.8 Å². The predicted molar refractivity (Wildman–Crippen MR) is 111 cm³/mol. The molecule has 1 aromatic carbocycles. The molecule has 0 aliphatic carbocycles. The van der Waals surface area contributed by atoms with Crippen molar-refractivity contribution in [3.05, 3.63) is 64.2 Å². The molecule has 4 rings (SSSR count). The maximum atomic E-state index is 13.6. The smallest absolute Gasteiger partial charge is 0.268 e. The number of aromatic amines is 1. The highest BCUT2D eigenvalue weighted by molar-refractivity contribution is 6.10. The third-order valence-electron chi connectivity index (χ3n) is 5.31. The van der Waals surface area contributed by atoms with Crippen LogP contribution in [0.15, 0.2) is 47.5 Å². The Hall–Kier alpha value is -3.50. The summed E-state index contributed by atoms with van der Waals surface area (Å²) in [7, 11) is 0. The number of benzene rings is 1. The van der Waals surface area contributed by atoms with E-state index in [1.54, 1.807) is 24.5 Å². The minimum absolute atomic E-state index is 0.0690. The maximum absolute atomic E-state index is 13.6. The first-order valence-electron chi connectivity index (χ1n) is 9.61. The normalized spacial score (nSPS) is 14.5. The lowest BCUT2D eigenvalue weighted by Gasteiger charge is -2.31. The van der Waals surface area contributed by atoms with Crippen molar-refractivity contribution in [3.8, 4) is 6.07 Å². The molecule has 7 nitrogen and oxygen atoms in total. The Morgan fingerprint density at radius 3 is 2.62 bits per heavy atom. The lowest BCUT2D eigenvalue weighted by molar-refractivity contribution is -0.122. The number of nitriles is 1. The monoisotopic (exact) mass is 387 g/mol. The third-order valence-corrected chi connectivity index (χ3v) is 5.31. The van der Waals surface area contributed by atoms with Gasteiger partial charge in [-0.15, -0.1) is 0 Å². The fourth-order valence-corrected chi connectivity index (χ4v) is 3.84. The molecule has 1 fully saturated rings. The van der Waals surface area contributed by atoms with Crippen LogP contribution in [0.5, 0.6) is 0 Å². The van der Waals surface area contributed by atoms with Gasteiger partial charge in [0.15, 0.2) is 0 Å². The number of amides is 1. The molecular weight excluding hydrogens is 366 g/mol. The van der Waals surface area contributed by atoms with Crippen molar-refractivity contribution in [1.29, 1.82) is 5.26 Å². The molecule has 1 aliphatic rings. The number of fused-ring (bicyclic) bond motifs is 1. The number of hydrogen-bond acceptors (Lipinski definition) is 5. The van der Waals surface area contributed by atoms with E-state index in [2.05, 4.69) is 15.3 Å². The number of aromatic nitrogens is 2. The molecule has 0 atom stereocenters. The van der Waals surface area contributed by atoms with Gasteiger partial charge in [0, 0.05) is 23.7 Å². The average molecular weight is 387 g/mol. The van der Waals surface area contributed by atoms with Gasteiger partial charge in [0.1, 0.15) is 11.6 Å². The first kappa shape index (κ1) is 18.8. The van der Waals surface area contributed by atoms with Gasteiger partial charge >= 0.3 is 0 Å². The van der Waals surface area contributed by atoms with Gasteiger partial charge in [-0.25, -0.2) is 0 Å². The van der Waals surface area contributed by atoms with Gasteiger partial charge in [0.2, 0.25) is 5.91 Å². The fraction of sp³-hybridized carbons (Fsp3) is 0.273. The molecule has 3 aromatic rings. The second-order valence-corrected chi connectivity index (χ2v) is 7.24. The highest BCUT2D eigenvalue weighted by Gasteiger charge is 2.31. The van der Waals surface area contributed by atoms with Crippen LogP contribution in [-0.4, -0.2) is 29.0 Å². The summed E-state index contributed by atoms with van der Waals surface area (Å²) in [6.07, 6.45) is 4.62. The zero-order valence-corrected chi connectivity index (χ0v) is 16.1. The molecule has 1 amide bonds. The molecule has 146 valence electrons. The Kier molecular flexibility index (Phi) is 5.10. The van der Waals surface area contributed by atoms with Crippen LogP contribution >= 0.6 is 0 Å². The predicted octanol–water partition coefficient (Wildman–Crippen LogP) is 2.77. The van der Waals surface area contributed by atoms with E-state index in [0.717, 1.165) is 18.7 Å². The number of piperidine rings is 1. The summed E-state index contributed by atoms with van der Waals surface area (Å²) >= 11 is 0. The van der Waals surface area contributed by atoms with E-state index in [1.807, 2.05) is 31.2 Å². The SMILES string of the molecule is Cc1ccc2c(N(C(=O)C3CCNCC3)c3ccncc3)c(C#N)c(=O)[nH]c2c1. The lowest BCUT2D eigenvalue weighted by Crippen LogP contribution is -2.40. The van der Waals surface area contributed by atoms with Crippen molar-refractivity contribution in [2.45, 2.75) is 19.8 Å². The topological polar surface area (TPSA) is 102 Å². The Labute approximate surface area is 168 Å². The number of nitrogens with one attached hydrogen (secondary N) is 2. The number of pyridine rings is 2. The van der Waals surface area contributed by atoms with Crippen molar-refractivity contribution in [3.63, 3.8) is 0 Å². The minimum Gasteiger partial charge on any atom is -0.321 e. The fourth-order valence-electron chi connectivity index (χ4n) is 3.84. The van der Waals surface area contributed by atoms with Gasteiger partial charge in [0.25, 0.3) is 5.56 Å². The quantitative estimate of drug-likeness (QED) is 0.719. The van der Waals surface area contributed by atoms with Crippen LogP contribution in [0.1, 0.15) is 24.0 Å². The second-order valence-electron chi connectivity index (χ2n) is 7.24. The molecule has 0 spiro atoms. The van der Waals surface area contributed by atoms with Gasteiger partial charge in [-0.05, 0) is 56.6 Å². The number of aryl methyl sites for hydroxylation is 1. The number of hydrogen-bond donors (Lipinski definition) is 2. The molecule has 1 aliphatic heterocycles. The minimum atomic E-state index is -0.502. The van der Waals surface area contributed by atoms with E-state index in [0.29, 0.717) is 35.1 Å². The van der Waals surface area contributed by atoms with Crippen LogP contribution in [-0.2, 0) is 4.79 Å². The van der Waals surface area contributed by atoms with Crippen molar-refractivity contribution in [2.75, 3.05) is 18.0 Å². The van der Waals surface area contributed by atoms with E-state index >= 15 is 0 Å². The molecule has 0 bridgehead atoms. The molecule has 2 aromatic heterocycles. The zero-order valence-electron chi connectivity index (χ0n) is 16.1. The summed E-state index contributed by atoms with van der Waals surface area (Å²) in [5.74, 6) is -0.294. The number of nitrogens with zero attached hydrogens (tertiary/aromatic N) is 3. The Morgan fingerprint density at radius 2 is 1.93 bits per heavy atom. The Balaban J connectivity index is 2.00. The van der Waals surface area contributed by atoms with Crippen molar-refractivity contribution >= 4 is 28.2 Å². The maximum Gasteiger partial charge on any atom is 0.268 e. The zero-order chi connectivity index (χ0) is 20.4. The van der Waals surface area contributed by atoms with E-state index in [-0.39, 0.29) is 17.4 Å². The summed E-state index contributed by atoms with van der Waals surface area (Å²) < 4.78 is 0. The number of anilines is 2. The summed E-state index contributed by atoms with van der Waals surface area (Å²) in [5.41, 5.74) is 1.93. The molecule has 0 radical (unpaired) electrons. The summed E-state index contributed by atoms with van der Waals surface area (Å²) in [6.45, 7) is 3.46. The van der Waals surface area contributed by atoms with Crippen LogP contribution in [0.2, 0.25) is 0 Å². The Morgan fingerprint density at radius 1 is 1.21 bits per heavy atom. The van der Waals surface area contributed by atoms with Crippen molar-refractivity contribution in [2.24, 2.45) is 5.92 Å². The highest BCUT2D eigenvalue weighted by Crippen LogP contribution is 2.35. The first-order valence-corrected chi connectivity index (χ1v) is 9.61.